The highest BCUT2D eigenvalue weighted by molar-refractivity contribution is 7.99. The number of nitrogens with two attached hydrogens (primary N) is 1. The largest absolute Gasteiger partial charge is 0.480 e. The number of carbonyl (C=O) groups is 3. The van der Waals surface area contributed by atoms with Crippen molar-refractivity contribution in [2.75, 3.05) is 11.5 Å². The van der Waals surface area contributed by atoms with E-state index in [1.165, 1.54) is 0 Å². The van der Waals surface area contributed by atoms with E-state index in [1.807, 2.05) is 11.8 Å². The second-order valence-electron chi connectivity index (χ2n) is 4.07. The number of amides is 3. The zero-order valence-electron chi connectivity index (χ0n) is 9.85. The summed E-state index contributed by atoms with van der Waals surface area (Å²) in [5.74, 6) is -0.0803. The van der Waals surface area contributed by atoms with Gasteiger partial charge in [-0.1, -0.05) is 0 Å². The number of aliphatic carboxylic acids is 1. The molecule has 1 saturated heterocycles. The third-order valence-electron chi connectivity index (χ3n) is 2.57. The van der Waals surface area contributed by atoms with E-state index in [1.54, 1.807) is 0 Å². The van der Waals surface area contributed by atoms with Gasteiger partial charge in [-0.15, -0.1) is 0 Å². The molecule has 1 aliphatic rings. The lowest BCUT2D eigenvalue weighted by molar-refractivity contribution is -0.140. The maximum atomic E-state index is 11.6. The first kappa shape index (κ1) is 14.6. The Kier molecular flexibility index (Phi) is 5.76. The molecule has 0 unspecified atom stereocenters. The van der Waals surface area contributed by atoms with Gasteiger partial charge in [0, 0.05) is 6.04 Å². The van der Waals surface area contributed by atoms with Crippen LogP contribution in [0.5, 0.6) is 0 Å². The molecule has 1 heterocycles. The number of hydrogen-bond acceptors (Lipinski definition) is 4. The van der Waals surface area contributed by atoms with E-state index in [0.29, 0.717) is 0 Å². The lowest BCUT2D eigenvalue weighted by atomic mass is 10.1. The Morgan fingerprint density at radius 1 is 1.33 bits per heavy atom. The fourth-order valence-corrected chi connectivity index (χ4v) is 2.73. The van der Waals surface area contributed by atoms with Crippen LogP contribution in [0.4, 0.5) is 4.79 Å². The van der Waals surface area contributed by atoms with Crippen LogP contribution in [-0.2, 0) is 9.59 Å². The van der Waals surface area contributed by atoms with Crippen LogP contribution in [-0.4, -0.2) is 46.6 Å². The normalized spacial score (nSPS) is 17.8. The second kappa shape index (κ2) is 7.10. The number of carboxylic acid groups (broad SMARTS) is 1. The van der Waals surface area contributed by atoms with Crippen molar-refractivity contribution in [3.8, 4) is 0 Å². The molecule has 0 bridgehead atoms. The third kappa shape index (κ3) is 5.26. The standard InChI is InChI=1S/C10H17N3O4S/c11-8(14)5-7(9(15)16)13-10(17)12-6-1-3-18-4-2-6/h6-7H,1-5H2,(H2,11,14)(H,15,16)(H2,12,13,17)/t7-/m1/s1. The number of hydrogen-bond donors (Lipinski definition) is 4. The van der Waals surface area contributed by atoms with Gasteiger partial charge in [0.25, 0.3) is 0 Å². The highest BCUT2D eigenvalue weighted by Crippen LogP contribution is 2.16. The van der Waals surface area contributed by atoms with Crippen molar-refractivity contribution < 1.29 is 19.5 Å². The predicted octanol–water partition coefficient (Wildman–Crippen LogP) is -0.490. The minimum atomic E-state index is -1.28. The molecule has 0 aromatic heterocycles. The molecule has 0 radical (unpaired) electrons. The molecule has 0 spiro atoms. The van der Waals surface area contributed by atoms with Crippen LogP contribution < -0.4 is 16.4 Å². The highest BCUT2D eigenvalue weighted by atomic mass is 32.2. The number of carbonyl (C=O) groups excluding carboxylic acids is 2. The molecule has 1 rings (SSSR count). The number of carboxylic acids is 1. The van der Waals surface area contributed by atoms with E-state index < -0.39 is 30.4 Å². The molecule has 1 aliphatic heterocycles. The van der Waals surface area contributed by atoms with Gasteiger partial charge in [-0.3, -0.25) is 4.79 Å². The van der Waals surface area contributed by atoms with Crippen LogP contribution in [0.25, 0.3) is 0 Å². The summed E-state index contributed by atoms with van der Waals surface area (Å²) in [5.41, 5.74) is 4.91. The molecule has 102 valence electrons. The van der Waals surface area contributed by atoms with Crippen molar-refractivity contribution in [1.29, 1.82) is 0 Å². The summed E-state index contributed by atoms with van der Waals surface area (Å²) in [6.45, 7) is 0. The summed E-state index contributed by atoms with van der Waals surface area (Å²) in [4.78, 5) is 33.0. The molecule has 3 amide bonds. The Bertz CT molecular complexity index is 331. The van der Waals surface area contributed by atoms with Crippen LogP contribution in [0.3, 0.4) is 0 Å². The number of nitrogens with one attached hydrogen (secondary N) is 2. The molecular weight excluding hydrogens is 258 g/mol. The molecule has 18 heavy (non-hydrogen) atoms. The first-order valence-corrected chi connectivity index (χ1v) is 6.80. The van der Waals surface area contributed by atoms with E-state index in [9.17, 15) is 14.4 Å². The maximum absolute atomic E-state index is 11.6. The zero-order chi connectivity index (χ0) is 13.5. The minimum Gasteiger partial charge on any atom is -0.480 e. The van der Waals surface area contributed by atoms with Gasteiger partial charge in [0.2, 0.25) is 5.91 Å². The third-order valence-corrected chi connectivity index (χ3v) is 3.61. The van der Waals surface area contributed by atoms with E-state index >= 15 is 0 Å². The fraction of sp³-hybridized carbons (Fsp3) is 0.700. The molecule has 7 nitrogen and oxygen atoms in total. The van der Waals surface area contributed by atoms with Gasteiger partial charge < -0.3 is 21.5 Å². The van der Waals surface area contributed by atoms with Crippen molar-refractivity contribution in [3.63, 3.8) is 0 Å². The predicted molar refractivity (Wildman–Crippen MR) is 67.2 cm³/mol. The van der Waals surface area contributed by atoms with Gasteiger partial charge in [0.15, 0.2) is 0 Å². The van der Waals surface area contributed by atoms with Crippen LogP contribution in [0.15, 0.2) is 0 Å². The van der Waals surface area contributed by atoms with Crippen LogP contribution in [0.2, 0.25) is 0 Å². The average molecular weight is 275 g/mol. The monoisotopic (exact) mass is 275 g/mol. The van der Waals surface area contributed by atoms with E-state index in [-0.39, 0.29) is 6.04 Å². The van der Waals surface area contributed by atoms with Crippen molar-refractivity contribution in [3.05, 3.63) is 0 Å². The Balaban J connectivity index is 2.40. The van der Waals surface area contributed by atoms with Crippen LogP contribution >= 0.6 is 11.8 Å². The summed E-state index contributed by atoms with van der Waals surface area (Å²) in [5, 5.41) is 13.8. The highest BCUT2D eigenvalue weighted by Gasteiger charge is 2.23. The van der Waals surface area contributed by atoms with E-state index in [2.05, 4.69) is 10.6 Å². The lowest BCUT2D eigenvalue weighted by Gasteiger charge is -2.23. The zero-order valence-corrected chi connectivity index (χ0v) is 10.7. The number of thioether (sulfide) groups is 1. The Labute approximate surface area is 109 Å². The molecule has 8 heteroatoms. The SMILES string of the molecule is NC(=O)C[C@@H](NC(=O)NC1CCSCC1)C(=O)O. The summed E-state index contributed by atoms with van der Waals surface area (Å²) < 4.78 is 0. The van der Waals surface area contributed by atoms with Crippen LogP contribution in [0, 0.1) is 0 Å². The summed E-state index contributed by atoms with van der Waals surface area (Å²) in [6, 6.07) is -1.78. The lowest BCUT2D eigenvalue weighted by Crippen LogP contribution is -2.50. The first-order valence-electron chi connectivity index (χ1n) is 5.65. The quantitative estimate of drug-likeness (QED) is 0.539. The second-order valence-corrected chi connectivity index (χ2v) is 5.29. The van der Waals surface area contributed by atoms with Crippen molar-refractivity contribution in [2.24, 2.45) is 5.73 Å². The van der Waals surface area contributed by atoms with Crippen LogP contribution in [0.1, 0.15) is 19.3 Å². The summed E-state index contributed by atoms with van der Waals surface area (Å²) in [6.07, 6.45) is 1.32. The number of primary amides is 1. The van der Waals surface area contributed by atoms with Gasteiger partial charge in [-0.25, -0.2) is 9.59 Å². The van der Waals surface area contributed by atoms with Gasteiger partial charge >= 0.3 is 12.0 Å². The van der Waals surface area contributed by atoms with E-state index in [0.717, 1.165) is 24.3 Å². The van der Waals surface area contributed by atoms with Crippen molar-refractivity contribution in [2.45, 2.75) is 31.3 Å². The fourth-order valence-electron chi connectivity index (χ4n) is 1.63. The molecule has 0 aromatic rings. The van der Waals surface area contributed by atoms with Gasteiger partial charge in [-0.05, 0) is 24.3 Å². The number of rotatable bonds is 5. The molecule has 0 saturated carbocycles. The Morgan fingerprint density at radius 2 is 1.94 bits per heavy atom. The maximum Gasteiger partial charge on any atom is 0.326 e. The molecule has 1 fully saturated rings. The van der Waals surface area contributed by atoms with Gasteiger partial charge in [0.1, 0.15) is 6.04 Å². The molecular formula is C10H17N3O4S. The molecule has 0 aliphatic carbocycles. The average Bonchev–Trinajstić information content (AvgIpc) is 2.28. The Hall–Kier alpha value is -1.44. The summed E-state index contributed by atoms with van der Waals surface area (Å²) >= 11 is 1.83. The van der Waals surface area contributed by atoms with E-state index in [4.69, 9.17) is 10.8 Å². The molecule has 5 N–H and O–H groups in total. The minimum absolute atomic E-state index is 0.0641. The topological polar surface area (TPSA) is 122 Å². The van der Waals surface area contributed by atoms with Gasteiger partial charge in [0.05, 0.1) is 6.42 Å². The molecule has 1 atom stereocenters. The van der Waals surface area contributed by atoms with Crippen molar-refractivity contribution in [1.82, 2.24) is 10.6 Å². The Morgan fingerprint density at radius 3 is 2.44 bits per heavy atom. The smallest absolute Gasteiger partial charge is 0.326 e. The number of urea groups is 1. The van der Waals surface area contributed by atoms with Gasteiger partial charge in [-0.2, -0.15) is 11.8 Å². The molecule has 0 aromatic carbocycles. The first-order chi connectivity index (χ1) is 8.49. The van der Waals surface area contributed by atoms with Crippen molar-refractivity contribution >= 4 is 29.7 Å². The summed E-state index contributed by atoms with van der Waals surface area (Å²) in [7, 11) is 0.